The molecule has 1 heterocycles. The molecule has 23 heavy (non-hydrogen) atoms. The number of aromatic nitrogens is 1. The highest BCUT2D eigenvalue weighted by Gasteiger charge is 2.06. The molecular weight excluding hydrogens is 403 g/mol. The summed E-state index contributed by atoms with van der Waals surface area (Å²) in [6.45, 7) is 8.95. The SMILES string of the molecule is C=C(C)CN=C(N)NCCc1coc(-c2ccc(C)cc2)n1.I. The number of hydrogen-bond acceptors (Lipinski definition) is 3. The number of benzene rings is 1. The van der Waals surface area contributed by atoms with Gasteiger partial charge < -0.3 is 15.5 Å². The molecule has 0 aliphatic heterocycles. The molecule has 0 aliphatic rings. The van der Waals surface area contributed by atoms with Crippen molar-refractivity contribution in [1.82, 2.24) is 10.3 Å². The van der Waals surface area contributed by atoms with E-state index < -0.39 is 0 Å². The third kappa shape index (κ3) is 6.43. The van der Waals surface area contributed by atoms with Crippen molar-refractivity contribution in [2.45, 2.75) is 20.3 Å². The molecule has 0 saturated carbocycles. The van der Waals surface area contributed by atoms with Gasteiger partial charge in [-0.1, -0.05) is 29.8 Å². The lowest BCUT2D eigenvalue weighted by atomic mass is 10.1. The second kappa shape index (κ2) is 9.34. The summed E-state index contributed by atoms with van der Waals surface area (Å²) in [7, 11) is 0. The first-order valence-corrected chi connectivity index (χ1v) is 7.24. The minimum atomic E-state index is 0. The van der Waals surface area contributed by atoms with E-state index in [1.807, 2.05) is 31.2 Å². The van der Waals surface area contributed by atoms with E-state index in [1.165, 1.54) is 5.56 Å². The summed E-state index contributed by atoms with van der Waals surface area (Å²) >= 11 is 0. The van der Waals surface area contributed by atoms with Crippen LogP contribution in [0.25, 0.3) is 11.5 Å². The van der Waals surface area contributed by atoms with Crippen molar-refractivity contribution >= 4 is 29.9 Å². The Bertz CT molecular complexity index is 661. The molecule has 3 N–H and O–H groups in total. The van der Waals surface area contributed by atoms with Crippen molar-refractivity contribution in [1.29, 1.82) is 0 Å². The number of aryl methyl sites for hydroxylation is 1. The van der Waals surface area contributed by atoms with Gasteiger partial charge in [0.2, 0.25) is 5.89 Å². The molecule has 124 valence electrons. The molecule has 0 radical (unpaired) electrons. The van der Waals surface area contributed by atoms with E-state index in [9.17, 15) is 0 Å². The zero-order valence-corrected chi connectivity index (χ0v) is 15.8. The highest BCUT2D eigenvalue weighted by atomic mass is 127. The average molecular weight is 426 g/mol. The van der Waals surface area contributed by atoms with Crippen LogP contribution in [0.1, 0.15) is 18.2 Å². The van der Waals surface area contributed by atoms with Crippen molar-refractivity contribution < 1.29 is 4.42 Å². The molecule has 5 nitrogen and oxygen atoms in total. The number of aliphatic imine (C=N–C) groups is 1. The number of hydrogen-bond donors (Lipinski definition) is 2. The number of guanidine groups is 1. The van der Waals surface area contributed by atoms with Crippen LogP contribution in [0.2, 0.25) is 0 Å². The zero-order chi connectivity index (χ0) is 15.9. The quantitative estimate of drug-likeness (QED) is 0.322. The second-order valence-corrected chi connectivity index (χ2v) is 5.35. The Balaban J connectivity index is 0.00000264. The molecule has 0 fully saturated rings. The number of nitrogens with one attached hydrogen (secondary N) is 1. The molecule has 0 atom stereocenters. The van der Waals surface area contributed by atoms with Crippen LogP contribution in [0.15, 0.2) is 52.1 Å². The van der Waals surface area contributed by atoms with Crippen molar-refractivity contribution in [2.24, 2.45) is 10.7 Å². The Hall–Kier alpha value is -1.83. The smallest absolute Gasteiger partial charge is 0.226 e. The Kier molecular flexibility index (Phi) is 7.80. The molecule has 0 spiro atoms. The fourth-order valence-corrected chi connectivity index (χ4v) is 1.85. The molecule has 1 aromatic carbocycles. The standard InChI is InChI=1S/C17H22N4O.HI/c1-12(2)10-20-17(18)19-9-8-15-11-22-16(21-15)14-6-4-13(3)5-7-14;/h4-7,11H,1,8-10H2,2-3H3,(H3,18,19,20);1H. The van der Waals surface area contributed by atoms with Crippen LogP contribution in [0.5, 0.6) is 0 Å². The van der Waals surface area contributed by atoms with Crippen LogP contribution >= 0.6 is 24.0 Å². The molecule has 0 bridgehead atoms. The Labute approximate surface area is 154 Å². The van der Waals surface area contributed by atoms with Crippen LogP contribution in [0, 0.1) is 6.92 Å². The van der Waals surface area contributed by atoms with Gasteiger partial charge in [-0.25, -0.2) is 9.98 Å². The molecule has 2 aromatic rings. The molecule has 2 rings (SSSR count). The minimum absolute atomic E-state index is 0. The summed E-state index contributed by atoms with van der Waals surface area (Å²) in [5.74, 6) is 1.06. The number of halogens is 1. The first-order chi connectivity index (χ1) is 10.5. The normalized spacial score (nSPS) is 11.0. The van der Waals surface area contributed by atoms with Crippen molar-refractivity contribution in [3.63, 3.8) is 0 Å². The number of rotatable bonds is 6. The van der Waals surface area contributed by atoms with Crippen LogP contribution in [-0.2, 0) is 6.42 Å². The van der Waals surface area contributed by atoms with E-state index in [0.717, 1.165) is 23.3 Å². The summed E-state index contributed by atoms with van der Waals surface area (Å²) in [5.41, 5.74) is 9.80. The Morgan fingerprint density at radius 2 is 2.04 bits per heavy atom. The number of nitrogens with zero attached hydrogens (tertiary/aromatic N) is 2. The molecule has 1 aromatic heterocycles. The molecular formula is C17H23IN4O. The summed E-state index contributed by atoms with van der Waals surface area (Å²) in [6.07, 6.45) is 2.40. The van der Waals surface area contributed by atoms with Gasteiger partial charge in [0.1, 0.15) is 6.26 Å². The maximum absolute atomic E-state index is 5.75. The van der Waals surface area contributed by atoms with Gasteiger partial charge in [-0.15, -0.1) is 24.0 Å². The minimum Gasteiger partial charge on any atom is -0.444 e. The van der Waals surface area contributed by atoms with Gasteiger partial charge >= 0.3 is 0 Å². The number of oxazole rings is 1. The monoisotopic (exact) mass is 426 g/mol. The van der Waals surface area contributed by atoms with Crippen molar-refractivity contribution in [2.75, 3.05) is 13.1 Å². The molecule has 0 amide bonds. The summed E-state index contributed by atoms with van der Waals surface area (Å²) in [4.78, 5) is 8.64. The van der Waals surface area contributed by atoms with Crippen LogP contribution < -0.4 is 11.1 Å². The van der Waals surface area contributed by atoms with Gasteiger partial charge in [-0.2, -0.15) is 0 Å². The van der Waals surface area contributed by atoms with Gasteiger partial charge in [0.15, 0.2) is 5.96 Å². The van der Waals surface area contributed by atoms with E-state index in [-0.39, 0.29) is 24.0 Å². The lowest BCUT2D eigenvalue weighted by molar-refractivity contribution is 0.572. The fourth-order valence-electron chi connectivity index (χ4n) is 1.85. The summed E-state index contributed by atoms with van der Waals surface area (Å²) in [5, 5.41) is 3.05. The van der Waals surface area contributed by atoms with Gasteiger partial charge in [-0.05, 0) is 26.0 Å². The second-order valence-electron chi connectivity index (χ2n) is 5.35. The van der Waals surface area contributed by atoms with E-state index in [4.69, 9.17) is 10.2 Å². The highest BCUT2D eigenvalue weighted by molar-refractivity contribution is 14.0. The van der Waals surface area contributed by atoms with E-state index in [0.29, 0.717) is 24.9 Å². The Morgan fingerprint density at radius 3 is 2.70 bits per heavy atom. The molecule has 0 aliphatic carbocycles. The third-order valence-corrected chi connectivity index (χ3v) is 3.06. The fraction of sp³-hybridized carbons (Fsp3) is 0.294. The van der Waals surface area contributed by atoms with E-state index in [2.05, 4.69) is 28.8 Å². The zero-order valence-electron chi connectivity index (χ0n) is 13.5. The van der Waals surface area contributed by atoms with Crippen molar-refractivity contribution in [3.8, 4) is 11.5 Å². The maximum Gasteiger partial charge on any atom is 0.226 e. The maximum atomic E-state index is 5.75. The first kappa shape index (κ1) is 19.2. The lowest BCUT2D eigenvalue weighted by Gasteiger charge is -2.03. The van der Waals surface area contributed by atoms with Crippen LogP contribution in [0.4, 0.5) is 0 Å². The van der Waals surface area contributed by atoms with Gasteiger partial charge in [-0.3, -0.25) is 0 Å². The third-order valence-electron chi connectivity index (χ3n) is 3.06. The predicted molar refractivity (Wildman–Crippen MR) is 105 cm³/mol. The molecule has 6 heteroatoms. The summed E-state index contributed by atoms with van der Waals surface area (Å²) in [6, 6.07) is 8.09. The topological polar surface area (TPSA) is 76.4 Å². The van der Waals surface area contributed by atoms with Gasteiger partial charge in [0.05, 0.1) is 12.2 Å². The lowest BCUT2D eigenvalue weighted by Crippen LogP contribution is -2.33. The van der Waals surface area contributed by atoms with E-state index >= 15 is 0 Å². The highest BCUT2D eigenvalue weighted by Crippen LogP contribution is 2.19. The largest absolute Gasteiger partial charge is 0.444 e. The van der Waals surface area contributed by atoms with Crippen LogP contribution in [-0.4, -0.2) is 24.0 Å². The van der Waals surface area contributed by atoms with E-state index in [1.54, 1.807) is 6.26 Å². The van der Waals surface area contributed by atoms with Crippen molar-refractivity contribution in [3.05, 3.63) is 53.9 Å². The molecule has 0 saturated heterocycles. The summed E-state index contributed by atoms with van der Waals surface area (Å²) < 4.78 is 5.52. The Morgan fingerprint density at radius 1 is 1.35 bits per heavy atom. The van der Waals surface area contributed by atoms with Crippen LogP contribution in [0.3, 0.4) is 0 Å². The first-order valence-electron chi connectivity index (χ1n) is 7.24. The molecule has 0 unspecified atom stereocenters. The number of nitrogens with two attached hydrogens (primary N) is 1. The van der Waals surface area contributed by atoms with Gasteiger partial charge in [0, 0.05) is 18.5 Å². The average Bonchev–Trinajstić information content (AvgIpc) is 2.95. The van der Waals surface area contributed by atoms with Gasteiger partial charge in [0.25, 0.3) is 0 Å². The predicted octanol–water partition coefficient (Wildman–Crippen LogP) is 3.29.